The van der Waals surface area contributed by atoms with Gasteiger partial charge in [0, 0.05) is 30.6 Å². The maximum absolute atomic E-state index is 12.6. The molecule has 0 aliphatic carbocycles. The van der Waals surface area contributed by atoms with Crippen LogP contribution in [0.4, 0.5) is 8.78 Å². The van der Waals surface area contributed by atoms with Crippen LogP contribution in [-0.4, -0.2) is 29.8 Å². The van der Waals surface area contributed by atoms with E-state index in [-0.39, 0.29) is 5.89 Å². The number of aromatic nitrogens is 6. The van der Waals surface area contributed by atoms with Crippen LogP contribution in [-0.2, 0) is 13.6 Å². The molecule has 0 fully saturated rings. The van der Waals surface area contributed by atoms with Crippen molar-refractivity contribution in [2.45, 2.75) is 13.0 Å². The van der Waals surface area contributed by atoms with E-state index in [0.29, 0.717) is 12.1 Å². The standard InChI is InChI=1S/C21H16F2N6O/c1-28-10-16-7-6-15(8-17(16)11-28)18-12-29(27-24-18)9-13-2-4-14(5-3-13)20-25-26-21(30-20)19(22)23/h2-8,10-12,19H,9H2,1H3. The van der Waals surface area contributed by atoms with Gasteiger partial charge in [0.05, 0.1) is 12.7 Å². The van der Waals surface area contributed by atoms with Gasteiger partial charge in [0.1, 0.15) is 5.69 Å². The van der Waals surface area contributed by atoms with Crippen LogP contribution >= 0.6 is 0 Å². The Kier molecular flexibility index (Phi) is 4.35. The minimum Gasteiger partial charge on any atom is -0.415 e. The molecule has 9 heteroatoms. The fourth-order valence-corrected chi connectivity index (χ4v) is 3.33. The molecule has 3 aromatic heterocycles. The van der Waals surface area contributed by atoms with Gasteiger partial charge in [0.15, 0.2) is 0 Å². The monoisotopic (exact) mass is 406 g/mol. The molecular weight excluding hydrogens is 390 g/mol. The van der Waals surface area contributed by atoms with Gasteiger partial charge in [-0.3, -0.25) is 0 Å². The van der Waals surface area contributed by atoms with E-state index in [0.717, 1.165) is 22.2 Å². The highest BCUT2D eigenvalue weighted by atomic mass is 19.3. The van der Waals surface area contributed by atoms with Crippen LogP contribution < -0.4 is 0 Å². The van der Waals surface area contributed by atoms with Crippen molar-refractivity contribution in [2.24, 2.45) is 7.05 Å². The van der Waals surface area contributed by atoms with Gasteiger partial charge in [-0.05, 0) is 34.5 Å². The molecule has 0 spiro atoms. The fraction of sp³-hybridized carbons (Fsp3) is 0.143. The zero-order valence-electron chi connectivity index (χ0n) is 15.9. The Labute approximate surface area is 169 Å². The average Bonchev–Trinajstić information content (AvgIpc) is 3.47. The van der Waals surface area contributed by atoms with E-state index in [4.69, 9.17) is 4.42 Å². The smallest absolute Gasteiger partial charge is 0.314 e. The number of nitrogens with zero attached hydrogens (tertiary/aromatic N) is 6. The molecule has 0 amide bonds. The van der Waals surface area contributed by atoms with Gasteiger partial charge in [-0.15, -0.1) is 15.3 Å². The van der Waals surface area contributed by atoms with Crippen LogP contribution in [0.25, 0.3) is 33.5 Å². The van der Waals surface area contributed by atoms with Crippen LogP contribution in [0, 0.1) is 0 Å². The maximum atomic E-state index is 12.6. The third kappa shape index (κ3) is 3.45. The molecule has 7 nitrogen and oxygen atoms in total. The summed E-state index contributed by atoms with van der Waals surface area (Å²) in [5, 5.41) is 17.8. The molecule has 150 valence electrons. The Balaban J connectivity index is 1.33. The quantitative estimate of drug-likeness (QED) is 0.430. The lowest BCUT2D eigenvalue weighted by atomic mass is 10.1. The van der Waals surface area contributed by atoms with Gasteiger partial charge in [-0.25, -0.2) is 4.68 Å². The molecule has 30 heavy (non-hydrogen) atoms. The SMILES string of the molecule is Cn1cc2ccc(-c3cn(Cc4ccc(-c5nnc(C(F)F)o5)cc4)nn3)cc2c1. The molecule has 0 saturated heterocycles. The highest BCUT2D eigenvalue weighted by Gasteiger charge is 2.17. The Hall–Kier alpha value is -3.88. The maximum Gasteiger partial charge on any atom is 0.314 e. The first kappa shape index (κ1) is 18.2. The van der Waals surface area contributed by atoms with Crippen molar-refractivity contribution >= 4 is 10.8 Å². The lowest BCUT2D eigenvalue weighted by Gasteiger charge is -2.02. The van der Waals surface area contributed by atoms with Crippen molar-refractivity contribution < 1.29 is 13.2 Å². The Morgan fingerprint density at radius 3 is 2.43 bits per heavy atom. The first-order chi connectivity index (χ1) is 14.5. The van der Waals surface area contributed by atoms with Crippen molar-refractivity contribution in [1.29, 1.82) is 0 Å². The molecule has 0 aliphatic heterocycles. The van der Waals surface area contributed by atoms with Gasteiger partial charge < -0.3 is 8.98 Å². The van der Waals surface area contributed by atoms with E-state index >= 15 is 0 Å². The Morgan fingerprint density at radius 2 is 1.67 bits per heavy atom. The summed E-state index contributed by atoms with van der Waals surface area (Å²) < 4.78 is 33.9. The highest BCUT2D eigenvalue weighted by molar-refractivity contribution is 5.86. The molecular formula is C21H16F2N6O. The number of alkyl halides is 2. The second-order valence-corrected chi connectivity index (χ2v) is 7.01. The molecule has 0 N–H and O–H groups in total. The largest absolute Gasteiger partial charge is 0.415 e. The number of aryl methyl sites for hydroxylation is 1. The molecule has 2 aromatic carbocycles. The van der Waals surface area contributed by atoms with Crippen molar-refractivity contribution in [3.63, 3.8) is 0 Å². The number of hydrogen-bond donors (Lipinski definition) is 0. The van der Waals surface area contributed by atoms with Gasteiger partial charge in [-0.1, -0.05) is 29.5 Å². The van der Waals surface area contributed by atoms with Crippen LogP contribution in [0.15, 0.2) is 65.5 Å². The molecule has 0 aliphatic rings. The van der Waals surface area contributed by atoms with E-state index in [1.54, 1.807) is 16.8 Å². The molecule has 0 bridgehead atoms. The normalized spacial score (nSPS) is 11.6. The van der Waals surface area contributed by atoms with Gasteiger partial charge in [0.2, 0.25) is 5.89 Å². The first-order valence-corrected chi connectivity index (χ1v) is 9.22. The number of halogens is 2. The van der Waals surface area contributed by atoms with Crippen LogP contribution in [0.3, 0.4) is 0 Å². The van der Waals surface area contributed by atoms with Gasteiger partial charge in [0.25, 0.3) is 5.89 Å². The fourth-order valence-electron chi connectivity index (χ4n) is 3.33. The summed E-state index contributed by atoms with van der Waals surface area (Å²) in [7, 11) is 2.00. The summed E-state index contributed by atoms with van der Waals surface area (Å²) in [4.78, 5) is 0. The van der Waals surface area contributed by atoms with E-state index in [1.165, 1.54) is 5.39 Å². The van der Waals surface area contributed by atoms with Crippen LogP contribution in [0.1, 0.15) is 17.9 Å². The Morgan fingerprint density at radius 1 is 0.900 bits per heavy atom. The van der Waals surface area contributed by atoms with E-state index < -0.39 is 12.3 Å². The third-order valence-corrected chi connectivity index (χ3v) is 4.78. The summed E-state index contributed by atoms with van der Waals surface area (Å²) in [6.07, 6.45) is 3.25. The van der Waals surface area contributed by atoms with E-state index in [1.807, 2.05) is 36.0 Å². The number of rotatable bonds is 5. The predicted octanol–water partition coefficient (Wildman–Crippen LogP) is 4.47. The van der Waals surface area contributed by atoms with Crippen LogP contribution in [0.2, 0.25) is 0 Å². The highest BCUT2D eigenvalue weighted by Crippen LogP contribution is 2.25. The molecule has 0 radical (unpaired) electrons. The average molecular weight is 406 g/mol. The zero-order valence-corrected chi connectivity index (χ0v) is 15.9. The number of fused-ring (bicyclic) bond motifs is 1. The molecule has 5 rings (SSSR count). The molecule has 0 saturated carbocycles. The molecule has 5 aromatic rings. The topological polar surface area (TPSA) is 74.6 Å². The van der Waals surface area contributed by atoms with Crippen molar-refractivity contribution in [3.8, 4) is 22.7 Å². The van der Waals surface area contributed by atoms with E-state index in [9.17, 15) is 8.78 Å². The van der Waals surface area contributed by atoms with Crippen LogP contribution in [0.5, 0.6) is 0 Å². The van der Waals surface area contributed by atoms with Gasteiger partial charge in [-0.2, -0.15) is 8.78 Å². The number of benzene rings is 2. The third-order valence-electron chi connectivity index (χ3n) is 4.78. The predicted molar refractivity (Wildman–Crippen MR) is 106 cm³/mol. The lowest BCUT2D eigenvalue weighted by molar-refractivity contribution is 0.116. The minimum absolute atomic E-state index is 0.0659. The summed E-state index contributed by atoms with van der Waals surface area (Å²) in [5.41, 5.74) is 3.35. The van der Waals surface area contributed by atoms with Crippen molar-refractivity contribution in [1.82, 2.24) is 29.8 Å². The summed E-state index contributed by atoms with van der Waals surface area (Å²) in [6.45, 7) is 0.521. The second kappa shape index (κ2) is 7.18. The molecule has 3 heterocycles. The summed E-state index contributed by atoms with van der Waals surface area (Å²) >= 11 is 0. The van der Waals surface area contributed by atoms with E-state index in [2.05, 4.69) is 45.0 Å². The molecule has 0 atom stereocenters. The lowest BCUT2D eigenvalue weighted by Crippen LogP contribution is -2.00. The first-order valence-electron chi connectivity index (χ1n) is 9.22. The zero-order chi connectivity index (χ0) is 20.7. The minimum atomic E-state index is -2.78. The van der Waals surface area contributed by atoms with Crippen molar-refractivity contribution in [2.75, 3.05) is 0 Å². The molecule has 0 unspecified atom stereocenters. The summed E-state index contributed by atoms with van der Waals surface area (Å²) in [6, 6.07) is 13.4. The van der Waals surface area contributed by atoms with Gasteiger partial charge >= 0.3 is 6.43 Å². The van der Waals surface area contributed by atoms with Crippen molar-refractivity contribution in [3.05, 3.63) is 72.5 Å². The Bertz CT molecular complexity index is 1320. The second-order valence-electron chi connectivity index (χ2n) is 7.01. The summed E-state index contributed by atoms with van der Waals surface area (Å²) in [5.74, 6) is -0.617. The number of hydrogen-bond acceptors (Lipinski definition) is 5.